The van der Waals surface area contributed by atoms with Crippen LogP contribution in [-0.4, -0.2) is 37.7 Å². The monoisotopic (exact) mass is 406 g/mol. The Morgan fingerprint density at radius 1 is 1.10 bits per heavy atom. The van der Waals surface area contributed by atoms with Crippen molar-refractivity contribution < 1.29 is 4.79 Å². The summed E-state index contributed by atoms with van der Waals surface area (Å²) in [6.45, 7) is 7.90. The molecule has 0 saturated heterocycles. The van der Waals surface area contributed by atoms with Crippen molar-refractivity contribution in [3.63, 3.8) is 0 Å². The smallest absolute Gasteiger partial charge is 0.219 e. The van der Waals surface area contributed by atoms with Gasteiger partial charge in [-0.15, -0.1) is 0 Å². The standard InChI is InChI=1S/C23H30N6O/c1-5-20(30)26-17-9-11-18(12-10-17)27-22-21-15(3)28-29(23(21)25-16(4)24-22)19-8-6-7-14(2)13-19/h6-8,13,17-18H,5,9-12H2,1-4H3,(H,26,30)(H,24,25,27). The van der Waals surface area contributed by atoms with Crippen molar-refractivity contribution in [1.82, 2.24) is 25.1 Å². The summed E-state index contributed by atoms with van der Waals surface area (Å²) in [6.07, 6.45) is 4.52. The lowest BCUT2D eigenvalue weighted by atomic mass is 9.91. The fourth-order valence-corrected chi connectivity index (χ4v) is 4.24. The number of benzene rings is 1. The Hall–Kier alpha value is -2.96. The van der Waals surface area contributed by atoms with Crippen LogP contribution in [0.3, 0.4) is 0 Å². The van der Waals surface area contributed by atoms with Crippen molar-refractivity contribution in [2.24, 2.45) is 0 Å². The highest BCUT2D eigenvalue weighted by molar-refractivity contribution is 5.90. The average Bonchev–Trinajstić information content (AvgIpc) is 3.05. The van der Waals surface area contributed by atoms with Crippen molar-refractivity contribution in [2.45, 2.75) is 71.9 Å². The van der Waals surface area contributed by atoms with Gasteiger partial charge in [-0.2, -0.15) is 5.10 Å². The molecule has 0 spiro atoms. The Labute approximate surface area is 177 Å². The van der Waals surface area contributed by atoms with E-state index < -0.39 is 0 Å². The van der Waals surface area contributed by atoms with Gasteiger partial charge in [0.15, 0.2) is 5.65 Å². The molecule has 158 valence electrons. The van der Waals surface area contributed by atoms with Gasteiger partial charge in [0.05, 0.1) is 16.8 Å². The van der Waals surface area contributed by atoms with Gasteiger partial charge in [-0.05, 0) is 64.2 Å². The van der Waals surface area contributed by atoms with E-state index in [0.29, 0.717) is 12.5 Å². The third kappa shape index (κ3) is 4.15. The van der Waals surface area contributed by atoms with Gasteiger partial charge >= 0.3 is 0 Å². The summed E-state index contributed by atoms with van der Waals surface area (Å²) < 4.78 is 1.91. The van der Waals surface area contributed by atoms with Crippen LogP contribution >= 0.6 is 0 Å². The SMILES string of the molecule is CCC(=O)NC1CCC(Nc2nc(C)nc3c2c(C)nn3-c2cccc(C)c2)CC1. The molecule has 2 N–H and O–H groups in total. The first-order valence-electron chi connectivity index (χ1n) is 10.8. The molecule has 7 nitrogen and oxygen atoms in total. The van der Waals surface area contributed by atoms with Gasteiger partial charge in [-0.1, -0.05) is 19.1 Å². The van der Waals surface area contributed by atoms with Crippen molar-refractivity contribution in [3.05, 3.63) is 41.3 Å². The second kappa shape index (κ2) is 8.42. The van der Waals surface area contributed by atoms with Crippen molar-refractivity contribution in [2.75, 3.05) is 5.32 Å². The topological polar surface area (TPSA) is 84.7 Å². The van der Waals surface area contributed by atoms with E-state index in [2.05, 4.69) is 35.8 Å². The lowest BCUT2D eigenvalue weighted by Crippen LogP contribution is -2.39. The van der Waals surface area contributed by atoms with E-state index in [1.165, 1.54) is 5.56 Å². The Bertz CT molecular complexity index is 1060. The molecule has 1 amide bonds. The van der Waals surface area contributed by atoms with Crippen LogP contribution in [0.1, 0.15) is 56.1 Å². The largest absolute Gasteiger partial charge is 0.367 e. The van der Waals surface area contributed by atoms with E-state index in [1.54, 1.807) is 0 Å². The second-order valence-corrected chi connectivity index (χ2v) is 8.27. The highest BCUT2D eigenvalue weighted by atomic mass is 16.1. The third-order valence-corrected chi connectivity index (χ3v) is 5.81. The molecular formula is C23H30N6O. The molecule has 1 aliphatic carbocycles. The summed E-state index contributed by atoms with van der Waals surface area (Å²) in [4.78, 5) is 21.1. The number of carbonyl (C=O) groups is 1. The number of rotatable bonds is 5. The predicted molar refractivity (Wildman–Crippen MR) is 119 cm³/mol. The van der Waals surface area contributed by atoms with Crippen molar-refractivity contribution in [1.29, 1.82) is 0 Å². The molecule has 30 heavy (non-hydrogen) atoms. The van der Waals surface area contributed by atoms with Crippen LogP contribution in [0.15, 0.2) is 24.3 Å². The van der Waals surface area contributed by atoms with E-state index in [9.17, 15) is 4.79 Å². The molecule has 0 bridgehead atoms. The van der Waals surface area contributed by atoms with Crippen LogP contribution in [0, 0.1) is 20.8 Å². The number of hydrogen-bond donors (Lipinski definition) is 2. The highest BCUT2D eigenvalue weighted by Gasteiger charge is 2.24. The molecule has 0 radical (unpaired) electrons. The van der Waals surface area contributed by atoms with Gasteiger partial charge in [-0.25, -0.2) is 14.6 Å². The van der Waals surface area contributed by atoms with Crippen LogP contribution in [0.2, 0.25) is 0 Å². The van der Waals surface area contributed by atoms with Crippen LogP contribution in [0.5, 0.6) is 0 Å². The van der Waals surface area contributed by atoms with E-state index in [0.717, 1.165) is 59.7 Å². The van der Waals surface area contributed by atoms with Crippen molar-refractivity contribution >= 4 is 22.8 Å². The number of anilines is 1. The number of fused-ring (bicyclic) bond motifs is 1. The van der Waals surface area contributed by atoms with Gasteiger partial charge in [0.1, 0.15) is 11.6 Å². The lowest BCUT2D eigenvalue weighted by Gasteiger charge is -2.30. The summed E-state index contributed by atoms with van der Waals surface area (Å²) in [6, 6.07) is 8.90. The normalized spacial score (nSPS) is 19.1. The molecule has 3 aromatic rings. The minimum atomic E-state index is 0.138. The molecule has 7 heteroatoms. The molecule has 1 saturated carbocycles. The molecule has 1 fully saturated rings. The maximum absolute atomic E-state index is 11.7. The van der Waals surface area contributed by atoms with E-state index >= 15 is 0 Å². The van der Waals surface area contributed by atoms with Crippen LogP contribution in [-0.2, 0) is 4.79 Å². The molecule has 2 heterocycles. The van der Waals surface area contributed by atoms with Crippen LogP contribution < -0.4 is 10.6 Å². The van der Waals surface area contributed by atoms with E-state index in [4.69, 9.17) is 15.1 Å². The first-order chi connectivity index (χ1) is 14.4. The van der Waals surface area contributed by atoms with Gasteiger partial charge in [0, 0.05) is 18.5 Å². The van der Waals surface area contributed by atoms with E-state index in [1.807, 2.05) is 31.5 Å². The summed E-state index contributed by atoms with van der Waals surface area (Å²) in [5, 5.41) is 12.5. The minimum Gasteiger partial charge on any atom is -0.367 e. The molecule has 1 aliphatic rings. The fraction of sp³-hybridized carbons (Fsp3) is 0.478. The molecular weight excluding hydrogens is 376 g/mol. The Balaban J connectivity index is 1.59. The number of hydrogen-bond acceptors (Lipinski definition) is 5. The van der Waals surface area contributed by atoms with Gasteiger partial charge < -0.3 is 10.6 Å². The molecule has 4 rings (SSSR count). The van der Waals surface area contributed by atoms with E-state index in [-0.39, 0.29) is 11.9 Å². The number of aromatic nitrogens is 4. The molecule has 0 aliphatic heterocycles. The van der Waals surface area contributed by atoms with Gasteiger partial charge in [0.25, 0.3) is 0 Å². The zero-order valence-electron chi connectivity index (χ0n) is 18.2. The number of nitrogens with zero attached hydrogens (tertiary/aromatic N) is 4. The maximum atomic E-state index is 11.7. The summed E-state index contributed by atoms with van der Waals surface area (Å²) in [5.74, 6) is 1.72. The zero-order valence-corrected chi connectivity index (χ0v) is 18.2. The Morgan fingerprint density at radius 2 is 1.83 bits per heavy atom. The average molecular weight is 407 g/mol. The molecule has 0 unspecified atom stereocenters. The van der Waals surface area contributed by atoms with Gasteiger partial charge in [0.2, 0.25) is 5.91 Å². The summed E-state index contributed by atoms with van der Waals surface area (Å²) in [5.41, 5.74) is 3.93. The first kappa shape index (κ1) is 20.3. The Kier molecular flexibility index (Phi) is 5.70. The maximum Gasteiger partial charge on any atom is 0.219 e. The van der Waals surface area contributed by atoms with Crippen LogP contribution in [0.4, 0.5) is 5.82 Å². The fourth-order valence-electron chi connectivity index (χ4n) is 4.24. The Morgan fingerprint density at radius 3 is 2.53 bits per heavy atom. The highest BCUT2D eigenvalue weighted by Crippen LogP contribution is 2.29. The minimum absolute atomic E-state index is 0.138. The first-order valence-corrected chi connectivity index (χ1v) is 10.8. The number of amides is 1. The molecule has 1 aromatic carbocycles. The number of aryl methyl sites for hydroxylation is 3. The number of carbonyl (C=O) groups excluding carboxylic acids is 1. The van der Waals surface area contributed by atoms with Crippen molar-refractivity contribution in [3.8, 4) is 5.69 Å². The molecule has 0 atom stereocenters. The lowest BCUT2D eigenvalue weighted by molar-refractivity contribution is -0.121. The zero-order chi connectivity index (χ0) is 21.3. The summed E-state index contributed by atoms with van der Waals surface area (Å²) >= 11 is 0. The molecule has 2 aromatic heterocycles. The number of nitrogens with one attached hydrogen (secondary N) is 2. The predicted octanol–water partition coefficient (Wildman–Crippen LogP) is 3.99. The van der Waals surface area contributed by atoms with Crippen LogP contribution in [0.25, 0.3) is 16.7 Å². The third-order valence-electron chi connectivity index (χ3n) is 5.81. The quantitative estimate of drug-likeness (QED) is 0.669. The summed E-state index contributed by atoms with van der Waals surface area (Å²) in [7, 11) is 0. The van der Waals surface area contributed by atoms with Gasteiger partial charge in [-0.3, -0.25) is 4.79 Å². The second-order valence-electron chi connectivity index (χ2n) is 8.27.